The average Bonchev–Trinajstić information content (AvgIpc) is 3.17. The molecule has 0 atom stereocenters. The summed E-state index contributed by atoms with van der Waals surface area (Å²) in [6.07, 6.45) is 3.33. The molecule has 150 valence electrons. The second kappa shape index (κ2) is 8.32. The highest BCUT2D eigenvalue weighted by atomic mass is 35.5. The van der Waals surface area contributed by atoms with Crippen molar-refractivity contribution in [2.75, 3.05) is 0 Å². The third kappa shape index (κ3) is 3.83. The first-order valence-corrected chi connectivity index (χ1v) is 9.88. The molecule has 0 radical (unpaired) electrons. The monoisotopic (exact) mass is 437 g/mol. The van der Waals surface area contributed by atoms with E-state index in [0.717, 1.165) is 16.5 Å². The van der Waals surface area contributed by atoms with E-state index in [2.05, 4.69) is 15.5 Å². The molecule has 0 spiro atoms. The smallest absolute Gasteiger partial charge is 0.281 e. The van der Waals surface area contributed by atoms with E-state index in [1.54, 1.807) is 54.7 Å². The van der Waals surface area contributed by atoms with E-state index in [1.807, 2.05) is 24.3 Å². The van der Waals surface area contributed by atoms with Crippen molar-refractivity contribution in [3.05, 3.63) is 106 Å². The minimum atomic E-state index is -1.98. The first kappa shape index (κ1) is 20.2. The van der Waals surface area contributed by atoms with Gasteiger partial charge in [-0.15, -0.1) is 0 Å². The van der Waals surface area contributed by atoms with Crippen LogP contribution >= 0.6 is 23.2 Å². The Hall–Kier alpha value is -3.12. The highest BCUT2D eigenvalue weighted by molar-refractivity contribution is 6.30. The number of aliphatic hydroxyl groups is 1. The van der Waals surface area contributed by atoms with Crippen molar-refractivity contribution in [2.45, 2.75) is 5.60 Å². The molecule has 3 N–H and O–H groups in total. The Bertz CT molecular complexity index is 1170. The number of amides is 1. The molecule has 1 heterocycles. The van der Waals surface area contributed by atoms with Crippen LogP contribution in [-0.4, -0.2) is 22.2 Å². The number of rotatable bonds is 5. The van der Waals surface area contributed by atoms with Crippen molar-refractivity contribution in [3.8, 4) is 0 Å². The molecular weight excluding hydrogens is 421 g/mol. The van der Waals surface area contributed by atoms with Gasteiger partial charge in [-0.3, -0.25) is 4.79 Å². The number of carbonyl (C=O) groups is 1. The number of hydrogen-bond acceptors (Lipinski definition) is 3. The summed E-state index contributed by atoms with van der Waals surface area (Å²) in [6, 6.07) is 20.6. The maximum Gasteiger partial charge on any atom is 0.281 e. The van der Waals surface area contributed by atoms with Crippen LogP contribution in [0.4, 0.5) is 0 Å². The van der Waals surface area contributed by atoms with Gasteiger partial charge in [-0.1, -0.05) is 65.7 Å². The number of carbonyl (C=O) groups excluding carboxylic acids is 1. The Morgan fingerprint density at radius 2 is 1.50 bits per heavy atom. The second-order valence-corrected chi connectivity index (χ2v) is 7.59. The molecule has 7 heteroatoms. The topological polar surface area (TPSA) is 77.5 Å². The summed E-state index contributed by atoms with van der Waals surface area (Å²) in [5.41, 5.74) is 2.96. The van der Waals surface area contributed by atoms with Crippen LogP contribution in [0, 0.1) is 0 Å². The van der Waals surface area contributed by atoms with Crippen molar-refractivity contribution in [1.29, 1.82) is 0 Å². The highest BCUT2D eigenvalue weighted by Gasteiger charge is 2.40. The van der Waals surface area contributed by atoms with Crippen LogP contribution in [0.1, 0.15) is 16.7 Å². The lowest BCUT2D eigenvalue weighted by molar-refractivity contribution is -0.136. The molecule has 0 saturated heterocycles. The Morgan fingerprint density at radius 3 is 2.10 bits per heavy atom. The first-order chi connectivity index (χ1) is 14.5. The molecule has 0 unspecified atom stereocenters. The molecule has 3 aromatic carbocycles. The number of fused-ring (bicyclic) bond motifs is 1. The maximum atomic E-state index is 13.1. The van der Waals surface area contributed by atoms with Crippen molar-refractivity contribution >= 4 is 46.2 Å². The SMILES string of the molecule is O=C(NN=Cc1c[nH]c2ccccc12)C(O)(c1ccc(Cl)cc1)c1ccc(Cl)cc1. The quantitative estimate of drug-likeness (QED) is 0.307. The van der Waals surface area contributed by atoms with E-state index in [0.29, 0.717) is 21.2 Å². The van der Waals surface area contributed by atoms with Gasteiger partial charge in [0.05, 0.1) is 6.21 Å². The molecule has 0 saturated carbocycles. The number of benzene rings is 3. The van der Waals surface area contributed by atoms with E-state index in [-0.39, 0.29) is 0 Å². The molecule has 1 amide bonds. The zero-order chi connectivity index (χ0) is 21.1. The van der Waals surface area contributed by atoms with E-state index >= 15 is 0 Å². The highest BCUT2D eigenvalue weighted by Crippen LogP contribution is 2.31. The van der Waals surface area contributed by atoms with Crippen LogP contribution in [0.5, 0.6) is 0 Å². The van der Waals surface area contributed by atoms with Gasteiger partial charge in [0.1, 0.15) is 0 Å². The summed E-state index contributed by atoms with van der Waals surface area (Å²) in [5.74, 6) is -0.705. The molecule has 0 bridgehead atoms. The summed E-state index contributed by atoms with van der Waals surface area (Å²) in [5, 5.41) is 17.5. The van der Waals surface area contributed by atoms with Crippen LogP contribution < -0.4 is 5.43 Å². The van der Waals surface area contributed by atoms with Gasteiger partial charge in [0, 0.05) is 32.7 Å². The molecule has 0 aliphatic carbocycles. The zero-order valence-electron chi connectivity index (χ0n) is 15.6. The van der Waals surface area contributed by atoms with Crippen LogP contribution in [0.25, 0.3) is 10.9 Å². The van der Waals surface area contributed by atoms with Gasteiger partial charge in [-0.25, -0.2) is 5.43 Å². The molecule has 0 fully saturated rings. The number of halogens is 2. The summed E-state index contributed by atoms with van der Waals surface area (Å²) in [4.78, 5) is 16.2. The molecular formula is C23H17Cl2N3O2. The fourth-order valence-electron chi connectivity index (χ4n) is 3.25. The maximum absolute atomic E-state index is 13.1. The van der Waals surface area contributed by atoms with Crippen molar-refractivity contribution in [1.82, 2.24) is 10.4 Å². The zero-order valence-corrected chi connectivity index (χ0v) is 17.2. The van der Waals surface area contributed by atoms with Crippen molar-refractivity contribution in [2.24, 2.45) is 5.10 Å². The van der Waals surface area contributed by atoms with Gasteiger partial charge in [-0.05, 0) is 41.5 Å². The number of nitrogens with zero attached hydrogens (tertiary/aromatic N) is 1. The number of aromatic nitrogens is 1. The molecule has 30 heavy (non-hydrogen) atoms. The van der Waals surface area contributed by atoms with Gasteiger partial charge >= 0.3 is 0 Å². The lowest BCUT2D eigenvalue weighted by Crippen LogP contribution is -2.43. The molecule has 0 aliphatic rings. The predicted molar refractivity (Wildman–Crippen MR) is 120 cm³/mol. The second-order valence-electron chi connectivity index (χ2n) is 6.71. The summed E-state index contributed by atoms with van der Waals surface area (Å²) < 4.78 is 0. The third-order valence-electron chi connectivity index (χ3n) is 4.84. The Labute approximate surface area is 183 Å². The molecule has 4 rings (SSSR count). The Morgan fingerprint density at radius 1 is 0.933 bits per heavy atom. The van der Waals surface area contributed by atoms with Crippen LogP contribution in [-0.2, 0) is 10.4 Å². The van der Waals surface area contributed by atoms with Crippen LogP contribution in [0.3, 0.4) is 0 Å². The normalized spacial score (nSPS) is 11.8. The summed E-state index contributed by atoms with van der Waals surface area (Å²) >= 11 is 11.9. The minimum absolute atomic E-state index is 0.356. The number of nitrogens with one attached hydrogen (secondary N) is 2. The summed E-state index contributed by atoms with van der Waals surface area (Å²) in [6.45, 7) is 0. The van der Waals surface area contributed by atoms with Gasteiger partial charge in [0.25, 0.3) is 5.91 Å². The number of aromatic amines is 1. The lowest BCUT2D eigenvalue weighted by Gasteiger charge is -2.27. The molecule has 4 aromatic rings. The Kier molecular flexibility index (Phi) is 5.59. The van der Waals surface area contributed by atoms with Gasteiger partial charge in [-0.2, -0.15) is 5.10 Å². The van der Waals surface area contributed by atoms with E-state index in [4.69, 9.17) is 23.2 Å². The number of para-hydroxylation sites is 1. The predicted octanol–water partition coefficient (Wildman–Crippen LogP) is 4.86. The lowest BCUT2D eigenvalue weighted by atomic mass is 9.85. The largest absolute Gasteiger partial charge is 0.372 e. The van der Waals surface area contributed by atoms with Crippen LogP contribution in [0.2, 0.25) is 10.0 Å². The number of hydrogen-bond donors (Lipinski definition) is 3. The van der Waals surface area contributed by atoms with E-state index in [1.165, 1.54) is 6.21 Å². The number of hydrazone groups is 1. The molecule has 0 aliphatic heterocycles. The summed E-state index contributed by atoms with van der Waals surface area (Å²) in [7, 11) is 0. The van der Waals surface area contributed by atoms with Crippen molar-refractivity contribution in [3.63, 3.8) is 0 Å². The number of H-pyrrole nitrogens is 1. The van der Waals surface area contributed by atoms with Gasteiger partial charge in [0.15, 0.2) is 5.60 Å². The standard InChI is InChI=1S/C23H17Cl2N3O2/c24-18-9-5-16(6-10-18)23(30,17-7-11-19(25)12-8-17)22(29)28-27-14-15-13-26-21-4-2-1-3-20(15)21/h1-14,26,30H,(H,28,29). The van der Waals surface area contributed by atoms with Crippen molar-refractivity contribution < 1.29 is 9.90 Å². The van der Waals surface area contributed by atoms with E-state index < -0.39 is 11.5 Å². The molecule has 5 nitrogen and oxygen atoms in total. The Balaban J connectivity index is 1.65. The minimum Gasteiger partial charge on any atom is -0.372 e. The van der Waals surface area contributed by atoms with Gasteiger partial charge < -0.3 is 10.1 Å². The third-order valence-corrected chi connectivity index (χ3v) is 5.35. The average molecular weight is 438 g/mol. The first-order valence-electron chi connectivity index (χ1n) is 9.12. The van der Waals surface area contributed by atoms with E-state index in [9.17, 15) is 9.90 Å². The van der Waals surface area contributed by atoms with Gasteiger partial charge in [0.2, 0.25) is 0 Å². The fourth-order valence-corrected chi connectivity index (χ4v) is 3.51. The molecule has 1 aromatic heterocycles. The fraction of sp³-hybridized carbons (Fsp3) is 0.0435. The van der Waals surface area contributed by atoms with Crippen LogP contribution in [0.15, 0.2) is 84.1 Å².